The summed E-state index contributed by atoms with van der Waals surface area (Å²) in [6, 6.07) is 6.36. The van der Waals surface area contributed by atoms with Crippen LogP contribution in [0.3, 0.4) is 0 Å². The molecule has 0 fully saturated rings. The maximum atomic E-state index is 4.70. The number of nitrogens with zero attached hydrogens (tertiary/aromatic N) is 3. The summed E-state index contributed by atoms with van der Waals surface area (Å²) in [7, 11) is 0. The minimum atomic E-state index is 0.629. The predicted octanol–water partition coefficient (Wildman–Crippen LogP) is 4.06. The van der Waals surface area contributed by atoms with E-state index in [1.54, 1.807) is 11.3 Å². The molecule has 0 aliphatic heterocycles. The van der Waals surface area contributed by atoms with E-state index in [0.717, 1.165) is 29.9 Å². The summed E-state index contributed by atoms with van der Waals surface area (Å²) >= 11 is 1.71. The van der Waals surface area contributed by atoms with Gasteiger partial charge in [0.1, 0.15) is 5.69 Å². The third kappa shape index (κ3) is 2.37. The Morgan fingerprint density at radius 1 is 1.00 bits per heavy atom. The Morgan fingerprint density at radius 3 is 2.64 bits per heavy atom. The van der Waals surface area contributed by atoms with Crippen LogP contribution >= 0.6 is 11.3 Å². The smallest absolute Gasteiger partial charge is 0.227 e. The number of anilines is 2. The Kier molecular flexibility index (Phi) is 3.15. The zero-order chi connectivity index (χ0) is 15.1. The molecule has 110 valence electrons. The Bertz CT molecular complexity index is 833. The molecule has 3 aromatic rings. The normalized spacial score (nSPS) is 12.6. The van der Waals surface area contributed by atoms with Crippen LogP contribution in [0.4, 0.5) is 11.6 Å². The highest BCUT2D eigenvalue weighted by molar-refractivity contribution is 7.10. The molecule has 5 heteroatoms. The van der Waals surface area contributed by atoms with E-state index in [9.17, 15) is 0 Å². The molecule has 4 rings (SSSR count). The van der Waals surface area contributed by atoms with E-state index >= 15 is 0 Å². The first-order valence-corrected chi connectivity index (χ1v) is 8.21. The first-order valence-electron chi connectivity index (χ1n) is 7.33. The molecular weight excluding hydrogens is 292 g/mol. The molecule has 0 atom stereocenters. The largest absolute Gasteiger partial charge is 0.324 e. The molecule has 1 N–H and O–H groups in total. The van der Waals surface area contributed by atoms with Crippen molar-refractivity contribution < 1.29 is 0 Å². The van der Waals surface area contributed by atoms with E-state index in [0.29, 0.717) is 5.95 Å². The maximum Gasteiger partial charge on any atom is 0.227 e. The van der Waals surface area contributed by atoms with Gasteiger partial charge in [0.2, 0.25) is 5.95 Å². The fraction of sp³-hybridized carbons (Fsp3) is 0.235. The molecule has 2 heterocycles. The van der Waals surface area contributed by atoms with Crippen molar-refractivity contribution in [3.63, 3.8) is 0 Å². The lowest BCUT2D eigenvalue weighted by atomic mass is 10.00. The maximum absolute atomic E-state index is 4.70. The predicted molar refractivity (Wildman–Crippen MR) is 89.7 cm³/mol. The number of aromatic nitrogens is 3. The summed E-state index contributed by atoms with van der Waals surface area (Å²) in [6.07, 6.45) is 3.96. The summed E-state index contributed by atoms with van der Waals surface area (Å²) in [5.41, 5.74) is 8.56. The van der Waals surface area contributed by atoms with Crippen molar-refractivity contribution >= 4 is 23.0 Å². The molecular formula is C17H16N4S. The average Bonchev–Trinajstić information content (AvgIpc) is 2.95. The first kappa shape index (κ1) is 13.4. The van der Waals surface area contributed by atoms with Crippen LogP contribution in [0.25, 0.3) is 11.4 Å². The van der Waals surface area contributed by atoms with Gasteiger partial charge in [0.25, 0.3) is 0 Å². The number of fused-ring (bicyclic) bond motifs is 3. The Labute approximate surface area is 133 Å². The Morgan fingerprint density at radius 2 is 1.82 bits per heavy atom. The zero-order valence-corrected chi connectivity index (χ0v) is 13.4. The standard InChI is InChI=1S/C17H16N4S/c1-10-5-11(2)7-13(6-10)20-17-18-8-12-3-4-14-16(15(12)21-17)19-9-22-14/h5-9H,3-4H2,1-2H3,(H,18,20,21). The number of hydrogen-bond acceptors (Lipinski definition) is 5. The van der Waals surface area contributed by atoms with Gasteiger partial charge in [0, 0.05) is 16.8 Å². The molecule has 4 nitrogen and oxygen atoms in total. The SMILES string of the molecule is Cc1cc(C)cc(Nc2ncc3c(n2)-c2ncsc2CC3)c1. The van der Waals surface area contributed by atoms with Crippen molar-refractivity contribution in [3.05, 3.63) is 51.5 Å². The van der Waals surface area contributed by atoms with E-state index < -0.39 is 0 Å². The Hall–Kier alpha value is -2.27. The van der Waals surface area contributed by atoms with Gasteiger partial charge in [-0.2, -0.15) is 0 Å². The van der Waals surface area contributed by atoms with E-state index in [-0.39, 0.29) is 0 Å². The van der Waals surface area contributed by atoms with Gasteiger partial charge >= 0.3 is 0 Å². The van der Waals surface area contributed by atoms with Gasteiger partial charge in [-0.1, -0.05) is 6.07 Å². The van der Waals surface area contributed by atoms with Gasteiger partial charge in [-0.25, -0.2) is 15.0 Å². The van der Waals surface area contributed by atoms with Gasteiger partial charge < -0.3 is 5.32 Å². The van der Waals surface area contributed by atoms with Crippen molar-refractivity contribution in [3.8, 4) is 11.4 Å². The number of benzene rings is 1. The third-order valence-electron chi connectivity index (χ3n) is 3.83. The molecule has 0 amide bonds. The molecule has 0 bridgehead atoms. The highest BCUT2D eigenvalue weighted by atomic mass is 32.1. The molecule has 0 saturated heterocycles. The number of nitrogens with one attached hydrogen (secondary N) is 1. The van der Waals surface area contributed by atoms with Gasteiger partial charge in [-0.3, -0.25) is 0 Å². The highest BCUT2D eigenvalue weighted by Gasteiger charge is 2.21. The lowest BCUT2D eigenvalue weighted by molar-refractivity contribution is 0.921. The molecule has 0 spiro atoms. The van der Waals surface area contributed by atoms with Crippen molar-refractivity contribution in [1.29, 1.82) is 0 Å². The molecule has 22 heavy (non-hydrogen) atoms. The number of thiazole rings is 1. The average molecular weight is 308 g/mol. The van der Waals surface area contributed by atoms with Gasteiger partial charge in [-0.05, 0) is 55.5 Å². The number of rotatable bonds is 2. The quantitative estimate of drug-likeness (QED) is 0.775. The molecule has 0 radical (unpaired) electrons. The lowest BCUT2D eigenvalue weighted by Crippen LogP contribution is -2.07. The van der Waals surface area contributed by atoms with Crippen LogP contribution in [0.2, 0.25) is 0 Å². The fourth-order valence-electron chi connectivity index (χ4n) is 2.92. The van der Waals surface area contributed by atoms with Crippen LogP contribution in [0, 0.1) is 13.8 Å². The van der Waals surface area contributed by atoms with E-state index in [1.807, 2.05) is 11.7 Å². The molecule has 1 aliphatic carbocycles. The molecule has 2 aromatic heterocycles. The Balaban J connectivity index is 1.71. The van der Waals surface area contributed by atoms with Crippen LogP contribution in [-0.4, -0.2) is 15.0 Å². The third-order valence-corrected chi connectivity index (χ3v) is 4.72. The minimum Gasteiger partial charge on any atom is -0.324 e. The summed E-state index contributed by atoms with van der Waals surface area (Å²) < 4.78 is 0. The van der Waals surface area contributed by atoms with Crippen molar-refractivity contribution in [2.45, 2.75) is 26.7 Å². The topological polar surface area (TPSA) is 50.7 Å². The zero-order valence-electron chi connectivity index (χ0n) is 12.6. The second-order valence-corrected chi connectivity index (χ2v) is 6.63. The summed E-state index contributed by atoms with van der Waals surface area (Å²) in [5.74, 6) is 0.629. The summed E-state index contributed by atoms with van der Waals surface area (Å²) in [5, 5.41) is 3.31. The number of aryl methyl sites for hydroxylation is 4. The molecule has 1 aliphatic rings. The highest BCUT2D eigenvalue weighted by Crippen LogP contribution is 2.33. The summed E-state index contributed by atoms with van der Waals surface area (Å²) in [4.78, 5) is 15.0. The van der Waals surface area contributed by atoms with Crippen LogP contribution in [0.5, 0.6) is 0 Å². The lowest BCUT2D eigenvalue weighted by Gasteiger charge is -2.15. The van der Waals surface area contributed by atoms with Crippen LogP contribution in [0.15, 0.2) is 29.9 Å². The van der Waals surface area contributed by atoms with Crippen molar-refractivity contribution in [2.24, 2.45) is 0 Å². The van der Waals surface area contributed by atoms with Crippen molar-refractivity contribution in [1.82, 2.24) is 15.0 Å². The van der Waals surface area contributed by atoms with E-state index in [2.05, 4.69) is 47.3 Å². The van der Waals surface area contributed by atoms with E-state index in [1.165, 1.54) is 21.6 Å². The monoisotopic (exact) mass is 308 g/mol. The van der Waals surface area contributed by atoms with Gasteiger partial charge in [-0.15, -0.1) is 11.3 Å². The summed E-state index contributed by atoms with van der Waals surface area (Å²) in [6.45, 7) is 4.18. The van der Waals surface area contributed by atoms with Gasteiger partial charge in [0.15, 0.2) is 0 Å². The van der Waals surface area contributed by atoms with Crippen molar-refractivity contribution in [2.75, 3.05) is 5.32 Å². The van der Waals surface area contributed by atoms with E-state index in [4.69, 9.17) is 4.98 Å². The van der Waals surface area contributed by atoms with Crippen LogP contribution < -0.4 is 5.32 Å². The minimum absolute atomic E-state index is 0.629. The molecule has 1 aromatic carbocycles. The van der Waals surface area contributed by atoms with Crippen LogP contribution in [0.1, 0.15) is 21.6 Å². The molecule has 0 unspecified atom stereocenters. The van der Waals surface area contributed by atoms with Crippen LogP contribution in [-0.2, 0) is 12.8 Å². The first-order chi connectivity index (χ1) is 10.7. The second kappa shape index (κ2) is 5.18. The second-order valence-electron chi connectivity index (χ2n) is 5.69. The molecule has 0 saturated carbocycles. The fourth-order valence-corrected chi connectivity index (χ4v) is 3.69. The number of hydrogen-bond donors (Lipinski definition) is 1. The van der Waals surface area contributed by atoms with Gasteiger partial charge in [0.05, 0.1) is 11.2 Å².